The molecule has 2 aliphatic heterocycles. The first kappa shape index (κ1) is 5.42. The van der Waals surface area contributed by atoms with E-state index in [1.165, 1.54) is 0 Å². The van der Waals surface area contributed by atoms with E-state index in [9.17, 15) is 4.79 Å². The quantitative estimate of drug-likeness (QED) is 0.463. The van der Waals surface area contributed by atoms with Gasteiger partial charge in [-0.1, -0.05) is 0 Å². The Hall–Kier alpha value is -0.370. The van der Waals surface area contributed by atoms with Gasteiger partial charge in [0.15, 0.2) is 0 Å². The van der Waals surface area contributed by atoms with Gasteiger partial charge in [0.25, 0.3) is 0 Å². The van der Waals surface area contributed by atoms with Gasteiger partial charge in [-0.2, -0.15) is 0 Å². The molecule has 0 radical (unpaired) electrons. The zero-order valence-electron chi connectivity index (χ0n) is 5.47. The Balaban J connectivity index is 2.14. The number of ketones is 1. The van der Waals surface area contributed by atoms with Crippen molar-refractivity contribution in [3.63, 3.8) is 0 Å². The third-order valence-electron chi connectivity index (χ3n) is 2.40. The zero-order valence-corrected chi connectivity index (χ0v) is 5.47. The lowest BCUT2D eigenvalue weighted by Crippen LogP contribution is -2.31. The minimum atomic E-state index is 0.416. The van der Waals surface area contributed by atoms with E-state index in [2.05, 4.69) is 4.90 Å². The van der Waals surface area contributed by atoms with Gasteiger partial charge in [0, 0.05) is 25.4 Å². The van der Waals surface area contributed by atoms with Crippen LogP contribution in [0, 0.1) is 5.92 Å². The molecule has 9 heavy (non-hydrogen) atoms. The second-order valence-electron chi connectivity index (χ2n) is 3.00. The maximum Gasteiger partial charge on any atom is 0.138 e. The highest BCUT2D eigenvalue weighted by Crippen LogP contribution is 2.23. The molecule has 0 amide bonds. The van der Waals surface area contributed by atoms with Gasteiger partial charge >= 0.3 is 0 Å². The molecule has 2 saturated heterocycles. The highest BCUT2D eigenvalue weighted by molar-refractivity contribution is 5.82. The normalized spacial score (nSPS) is 41.6. The standard InChI is InChI=1S/C7H11NO/c9-7-2-4-8-3-1-6(7)5-8/h6H,1-5H2. The van der Waals surface area contributed by atoms with E-state index in [-0.39, 0.29) is 0 Å². The van der Waals surface area contributed by atoms with Gasteiger partial charge in [0.1, 0.15) is 5.78 Å². The molecule has 2 bridgehead atoms. The summed E-state index contributed by atoms with van der Waals surface area (Å²) >= 11 is 0. The number of hydrogen-bond donors (Lipinski definition) is 0. The van der Waals surface area contributed by atoms with Crippen molar-refractivity contribution in [1.82, 2.24) is 4.90 Å². The third-order valence-corrected chi connectivity index (χ3v) is 2.40. The average Bonchev–Trinajstić information content (AvgIpc) is 2.25. The van der Waals surface area contributed by atoms with Crippen molar-refractivity contribution in [2.75, 3.05) is 19.6 Å². The summed E-state index contributed by atoms with van der Waals surface area (Å²) in [5.41, 5.74) is 0. The molecule has 2 aliphatic rings. The first-order chi connectivity index (χ1) is 4.36. The lowest BCUT2D eigenvalue weighted by atomic mass is 9.99. The van der Waals surface area contributed by atoms with Crippen molar-refractivity contribution < 1.29 is 4.79 Å². The van der Waals surface area contributed by atoms with Crippen LogP contribution < -0.4 is 0 Å². The predicted molar refractivity (Wildman–Crippen MR) is 34.2 cm³/mol. The number of hydrogen-bond acceptors (Lipinski definition) is 2. The van der Waals surface area contributed by atoms with Crippen molar-refractivity contribution >= 4 is 5.78 Å². The topological polar surface area (TPSA) is 20.3 Å². The molecule has 0 aromatic rings. The van der Waals surface area contributed by atoms with Crippen molar-refractivity contribution in [2.45, 2.75) is 12.8 Å². The summed E-state index contributed by atoms with van der Waals surface area (Å²) in [6.45, 7) is 3.24. The Morgan fingerprint density at radius 1 is 1.44 bits per heavy atom. The summed E-state index contributed by atoms with van der Waals surface area (Å²) in [5, 5.41) is 0. The second kappa shape index (κ2) is 1.81. The SMILES string of the molecule is O=C1CCN2CCC1C2. The zero-order chi connectivity index (χ0) is 6.27. The van der Waals surface area contributed by atoms with Gasteiger partial charge in [-0.3, -0.25) is 4.79 Å². The van der Waals surface area contributed by atoms with E-state index in [4.69, 9.17) is 0 Å². The number of carbonyl (C=O) groups excluding carboxylic acids is 1. The van der Waals surface area contributed by atoms with Crippen molar-refractivity contribution in [3.05, 3.63) is 0 Å². The Morgan fingerprint density at radius 2 is 2.33 bits per heavy atom. The smallest absolute Gasteiger partial charge is 0.138 e. The van der Waals surface area contributed by atoms with Gasteiger partial charge in [-0.05, 0) is 13.0 Å². The van der Waals surface area contributed by atoms with Crippen LogP contribution in [-0.4, -0.2) is 30.3 Å². The van der Waals surface area contributed by atoms with Crippen LogP contribution in [0.3, 0.4) is 0 Å². The molecule has 0 aliphatic carbocycles. The monoisotopic (exact) mass is 125 g/mol. The Kier molecular flexibility index (Phi) is 1.09. The number of piperidine rings is 1. The number of rotatable bonds is 0. The van der Waals surface area contributed by atoms with Gasteiger partial charge < -0.3 is 4.90 Å². The molecular weight excluding hydrogens is 114 g/mol. The van der Waals surface area contributed by atoms with E-state index in [0.29, 0.717) is 11.7 Å². The summed E-state index contributed by atoms with van der Waals surface area (Å²) in [7, 11) is 0. The summed E-state index contributed by atoms with van der Waals surface area (Å²) in [6, 6.07) is 0. The van der Waals surface area contributed by atoms with Gasteiger partial charge in [0.2, 0.25) is 0 Å². The van der Waals surface area contributed by atoms with Crippen LogP contribution in [0.25, 0.3) is 0 Å². The summed E-state index contributed by atoms with van der Waals surface area (Å²) < 4.78 is 0. The molecule has 2 rings (SSSR count). The lowest BCUT2D eigenvalue weighted by Gasteiger charge is -2.19. The van der Waals surface area contributed by atoms with Crippen LogP contribution in [0.1, 0.15) is 12.8 Å². The minimum Gasteiger partial charge on any atom is -0.302 e. The van der Waals surface area contributed by atoms with E-state index in [1.807, 2.05) is 0 Å². The molecule has 0 aromatic heterocycles. The fraction of sp³-hybridized carbons (Fsp3) is 0.857. The van der Waals surface area contributed by atoms with Crippen LogP contribution in [0.15, 0.2) is 0 Å². The molecule has 0 saturated carbocycles. The second-order valence-corrected chi connectivity index (χ2v) is 3.00. The molecule has 2 heterocycles. The molecule has 2 unspecified atom stereocenters. The fourth-order valence-electron chi connectivity index (χ4n) is 1.77. The van der Waals surface area contributed by atoms with Gasteiger partial charge in [0.05, 0.1) is 0 Å². The van der Waals surface area contributed by atoms with Crippen LogP contribution >= 0.6 is 0 Å². The van der Waals surface area contributed by atoms with Crippen molar-refractivity contribution in [3.8, 4) is 0 Å². The summed E-state index contributed by atoms with van der Waals surface area (Å²) in [4.78, 5) is 13.4. The largest absolute Gasteiger partial charge is 0.302 e. The minimum absolute atomic E-state index is 0.416. The molecule has 2 nitrogen and oxygen atoms in total. The summed E-state index contributed by atoms with van der Waals surface area (Å²) in [6.07, 6.45) is 1.93. The first-order valence-electron chi connectivity index (χ1n) is 3.61. The third kappa shape index (κ3) is 0.778. The molecule has 0 spiro atoms. The molecule has 2 atom stereocenters. The first-order valence-corrected chi connectivity index (χ1v) is 3.61. The molecular formula is C7H11NO. The molecule has 0 aromatic carbocycles. The number of nitrogens with zero attached hydrogens (tertiary/aromatic N) is 1. The molecule has 0 N–H and O–H groups in total. The van der Waals surface area contributed by atoms with Crippen LogP contribution in [0.2, 0.25) is 0 Å². The van der Waals surface area contributed by atoms with Gasteiger partial charge in [-0.15, -0.1) is 0 Å². The molecule has 2 fully saturated rings. The van der Waals surface area contributed by atoms with Crippen molar-refractivity contribution in [1.29, 1.82) is 0 Å². The van der Waals surface area contributed by atoms with E-state index >= 15 is 0 Å². The molecule has 2 heteroatoms. The van der Waals surface area contributed by atoms with E-state index in [0.717, 1.165) is 32.5 Å². The Bertz CT molecular complexity index is 144. The van der Waals surface area contributed by atoms with E-state index in [1.54, 1.807) is 0 Å². The number of fused-ring (bicyclic) bond motifs is 2. The van der Waals surface area contributed by atoms with Crippen LogP contribution in [0.5, 0.6) is 0 Å². The van der Waals surface area contributed by atoms with Gasteiger partial charge in [-0.25, -0.2) is 0 Å². The Labute approximate surface area is 54.8 Å². The maximum atomic E-state index is 11.0. The lowest BCUT2D eigenvalue weighted by molar-refractivity contribution is -0.124. The predicted octanol–water partition coefficient (Wildman–Crippen LogP) is 0.281. The highest BCUT2D eigenvalue weighted by Gasteiger charge is 2.32. The number of carbonyl (C=O) groups is 1. The average molecular weight is 125 g/mol. The number of Topliss-reactive ketones (excluding diaryl/α,β-unsaturated/α-hetero) is 1. The molecule has 50 valence electrons. The van der Waals surface area contributed by atoms with Crippen molar-refractivity contribution in [2.24, 2.45) is 5.92 Å². The van der Waals surface area contributed by atoms with E-state index < -0.39 is 0 Å². The maximum absolute atomic E-state index is 11.0. The van der Waals surface area contributed by atoms with Crippen LogP contribution in [0.4, 0.5) is 0 Å². The fourth-order valence-corrected chi connectivity index (χ4v) is 1.77. The summed E-state index contributed by atoms with van der Waals surface area (Å²) in [5.74, 6) is 0.919. The Morgan fingerprint density at radius 3 is 3.11 bits per heavy atom. The highest BCUT2D eigenvalue weighted by atomic mass is 16.1. The van der Waals surface area contributed by atoms with Crippen LogP contribution in [-0.2, 0) is 4.79 Å².